The van der Waals surface area contributed by atoms with Gasteiger partial charge in [-0.15, -0.1) is 0 Å². The molecule has 5 amide bonds. The molecule has 0 spiro atoms. The van der Waals surface area contributed by atoms with E-state index in [0.717, 1.165) is 24.0 Å². The van der Waals surface area contributed by atoms with Gasteiger partial charge in [0, 0.05) is 30.3 Å². The Morgan fingerprint density at radius 2 is 1.85 bits per heavy atom. The number of amides is 5. The third-order valence-electron chi connectivity index (χ3n) is 10.7. The summed E-state index contributed by atoms with van der Waals surface area (Å²) in [6.45, 7) is 1.09. The highest BCUT2D eigenvalue weighted by Gasteiger charge is 2.62. The van der Waals surface area contributed by atoms with Gasteiger partial charge in [-0.2, -0.15) is 0 Å². The first kappa shape index (κ1) is 36.5. The smallest absolute Gasteiger partial charge is 0.410 e. The first-order chi connectivity index (χ1) is 24.9. The average Bonchev–Trinajstić information content (AvgIpc) is 3.88. The fraction of sp³-hybridized carbons (Fsp3) is 0.629. The van der Waals surface area contributed by atoms with Crippen molar-refractivity contribution in [1.82, 2.24) is 25.2 Å². The number of fused-ring (bicyclic) bond motifs is 3. The lowest BCUT2D eigenvalue weighted by molar-refractivity contribution is -0.141. The van der Waals surface area contributed by atoms with E-state index in [1.165, 1.54) is 9.80 Å². The van der Waals surface area contributed by atoms with E-state index < -0.39 is 80.9 Å². The first-order valence-electron chi connectivity index (χ1n) is 18.1. The minimum absolute atomic E-state index is 0.0833. The van der Waals surface area contributed by atoms with Crippen LogP contribution in [0.25, 0.3) is 0 Å². The Bertz CT molecular complexity index is 1750. The van der Waals surface area contributed by atoms with Crippen LogP contribution in [0, 0.1) is 5.92 Å². The summed E-state index contributed by atoms with van der Waals surface area (Å²) in [5, 5.41) is 5.41. The molecular formula is C35H44ClN5O10S. The number of hydrogen-bond donors (Lipinski definition) is 3. The van der Waals surface area contributed by atoms with Crippen molar-refractivity contribution in [2.45, 2.75) is 112 Å². The first-order valence-corrected chi connectivity index (χ1v) is 20.0. The Balaban J connectivity index is 1.12. The van der Waals surface area contributed by atoms with E-state index in [-0.39, 0.29) is 45.5 Å². The SMILES string of the molecule is O=C(N[C@H]1CCCCC/C=C\[C@@H]2C[C@@]2(C(=O)NS(=O)(=O)C2CC2)NC(=O)[C@@H]2C[C@@H](OC(=O)N3Cc4cccc(Cl)c4C3)CN2C1=O)OC1CCOC1. The van der Waals surface area contributed by atoms with Crippen LogP contribution < -0.4 is 15.4 Å². The highest BCUT2D eigenvalue weighted by Crippen LogP contribution is 2.46. The number of ether oxygens (including phenoxy) is 3. The van der Waals surface area contributed by atoms with Crippen LogP contribution in [0.5, 0.6) is 0 Å². The lowest BCUT2D eigenvalue weighted by Crippen LogP contribution is -2.58. The maximum absolute atomic E-state index is 14.3. The van der Waals surface area contributed by atoms with Crippen molar-refractivity contribution in [3.63, 3.8) is 0 Å². The Hall–Kier alpha value is -3.89. The Kier molecular flexibility index (Phi) is 10.4. The maximum Gasteiger partial charge on any atom is 0.410 e. The van der Waals surface area contributed by atoms with Gasteiger partial charge in [-0.3, -0.25) is 24.0 Å². The van der Waals surface area contributed by atoms with Crippen LogP contribution in [0.3, 0.4) is 0 Å². The molecule has 7 rings (SSSR count). The molecule has 1 aromatic carbocycles. The monoisotopic (exact) mass is 761 g/mol. The molecule has 282 valence electrons. The van der Waals surface area contributed by atoms with Gasteiger partial charge in [0.05, 0.1) is 31.6 Å². The fourth-order valence-corrected chi connectivity index (χ4v) is 9.13. The molecular weight excluding hydrogens is 718 g/mol. The highest BCUT2D eigenvalue weighted by molar-refractivity contribution is 7.91. The third-order valence-corrected chi connectivity index (χ3v) is 12.9. The molecule has 17 heteroatoms. The van der Waals surface area contributed by atoms with Gasteiger partial charge in [-0.1, -0.05) is 48.7 Å². The number of alkyl carbamates (subject to hydrolysis) is 1. The third kappa shape index (κ3) is 7.88. The van der Waals surface area contributed by atoms with Crippen molar-refractivity contribution in [2.24, 2.45) is 5.92 Å². The zero-order valence-electron chi connectivity index (χ0n) is 28.7. The highest BCUT2D eigenvalue weighted by atomic mass is 35.5. The number of carbonyl (C=O) groups is 5. The second kappa shape index (κ2) is 14.9. The molecule has 6 aliphatic rings. The zero-order chi connectivity index (χ0) is 36.6. The number of carbonyl (C=O) groups excluding carboxylic acids is 5. The van der Waals surface area contributed by atoms with Gasteiger partial charge in [0.25, 0.3) is 5.91 Å². The number of hydrogen-bond acceptors (Lipinski definition) is 10. The molecule has 3 N–H and O–H groups in total. The topological polar surface area (TPSA) is 190 Å². The Morgan fingerprint density at radius 3 is 2.60 bits per heavy atom. The number of nitrogens with zero attached hydrogens (tertiary/aromatic N) is 2. The lowest BCUT2D eigenvalue weighted by Gasteiger charge is -2.30. The molecule has 4 heterocycles. The molecule has 0 aromatic heterocycles. The van der Waals surface area contributed by atoms with Gasteiger partial charge in [-0.25, -0.2) is 18.0 Å². The van der Waals surface area contributed by atoms with E-state index in [1.807, 2.05) is 18.2 Å². The second-order valence-corrected chi connectivity index (χ2v) is 17.0. The quantitative estimate of drug-likeness (QED) is 0.364. The normalized spacial score (nSPS) is 31.2. The molecule has 1 unspecified atom stereocenters. The molecule has 4 aliphatic heterocycles. The van der Waals surface area contributed by atoms with E-state index in [4.69, 9.17) is 25.8 Å². The standard InChI is InChI=1S/C35H44ClN5O10S/c36-27-9-6-7-21-17-40(19-26(21)27)34(46)51-24-15-29-30(42)38-35(32(44)39-52(47,48)25-11-12-25)16-22(35)8-4-2-1-3-5-10-28(31(43)41(29)18-24)37-33(45)50-23-13-14-49-20-23/h4,6-9,22-25,28-29H,1-3,5,10-20H2,(H,37,45)(H,38,42)(H,39,44)/b8-4-/t22-,23?,24-,28+,29+,35-/m1/s1. The molecule has 15 nitrogen and oxygen atoms in total. The summed E-state index contributed by atoms with van der Waals surface area (Å²) >= 11 is 6.36. The number of allylic oxidation sites excluding steroid dienone is 1. The zero-order valence-corrected chi connectivity index (χ0v) is 30.3. The van der Waals surface area contributed by atoms with E-state index in [2.05, 4.69) is 15.4 Å². The second-order valence-electron chi connectivity index (χ2n) is 14.6. The van der Waals surface area contributed by atoms with Gasteiger partial charge < -0.3 is 29.7 Å². The molecule has 0 bridgehead atoms. The van der Waals surface area contributed by atoms with Crippen molar-refractivity contribution in [3.05, 3.63) is 46.5 Å². The van der Waals surface area contributed by atoms with E-state index in [1.54, 1.807) is 12.1 Å². The number of rotatable bonds is 6. The summed E-state index contributed by atoms with van der Waals surface area (Å²) in [7, 11) is -3.91. The summed E-state index contributed by atoms with van der Waals surface area (Å²) in [6.07, 6.45) is 5.58. The van der Waals surface area contributed by atoms with Crippen LogP contribution in [0.4, 0.5) is 9.59 Å². The molecule has 4 fully saturated rings. The number of nitrogens with one attached hydrogen (secondary N) is 3. The minimum Gasteiger partial charge on any atom is -0.444 e. The Labute approximate surface area is 307 Å². The van der Waals surface area contributed by atoms with Crippen LogP contribution in [-0.2, 0) is 51.7 Å². The van der Waals surface area contributed by atoms with E-state index >= 15 is 0 Å². The van der Waals surface area contributed by atoms with Crippen LogP contribution in [0.2, 0.25) is 5.02 Å². The van der Waals surface area contributed by atoms with Crippen molar-refractivity contribution < 1.29 is 46.6 Å². The molecule has 2 saturated heterocycles. The van der Waals surface area contributed by atoms with Crippen LogP contribution in [0.15, 0.2) is 30.4 Å². The van der Waals surface area contributed by atoms with Gasteiger partial charge in [0.1, 0.15) is 29.8 Å². The maximum atomic E-state index is 14.3. The van der Waals surface area contributed by atoms with E-state index in [9.17, 15) is 32.4 Å². The van der Waals surface area contributed by atoms with E-state index in [0.29, 0.717) is 43.7 Å². The fourth-order valence-electron chi connectivity index (χ4n) is 7.51. The summed E-state index contributed by atoms with van der Waals surface area (Å²) in [5.41, 5.74) is 0.174. The van der Waals surface area contributed by atoms with Crippen molar-refractivity contribution in [3.8, 4) is 0 Å². The van der Waals surface area contributed by atoms with Gasteiger partial charge >= 0.3 is 12.2 Å². The Morgan fingerprint density at radius 1 is 1.02 bits per heavy atom. The van der Waals surface area contributed by atoms with Crippen molar-refractivity contribution in [1.29, 1.82) is 0 Å². The lowest BCUT2D eigenvalue weighted by atomic mass is 10.0. The number of benzene rings is 1. The molecule has 0 radical (unpaired) electrons. The largest absolute Gasteiger partial charge is 0.444 e. The molecule has 2 aliphatic carbocycles. The molecule has 2 saturated carbocycles. The van der Waals surface area contributed by atoms with Crippen LogP contribution in [-0.4, -0.2) is 103 Å². The summed E-state index contributed by atoms with van der Waals surface area (Å²) in [4.78, 5) is 71.3. The van der Waals surface area contributed by atoms with Crippen molar-refractivity contribution in [2.75, 3.05) is 19.8 Å². The van der Waals surface area contributed by atoms with Gasteiger partial charge in [0.15, 0.2) is 0 Å². The van der Waals surface area contributed by atoms with Gasteiger partial charge in [0.2, 0.25) is 21.8 Å². The summed E-state index contributed by atoms with van der Waals surface area (Å²) < 4.78 is 44.4. The molecule has 6 atom stereocenters. The average molecular weight is 762 g/mol. The number of sulfonamides is 1. The predicted octanol–water partition coefficient (Wildman–Crippen LogP) is 2.65. The van der Waals surface area contributed by atoms with Crippen molar-refractivity contribution >= 4 is 51.5 Å². The van der Waals surface area contributed by atoms with Crippen LogP contribution >= 0.6 is 11.6 Å². The van der Waals surface area contributed by atoms with Gasteiger partial charge in [-0.05, 0) is 55.7 Å². The summed E-state index contributed by atoms with van der Waals surface area (Å²) in [5.74, 6) is -2.53. The summed E-state index contributed by atoms with van der Waals surface area (Å²) in [6, 6.07) is 3.19. The van der Waals surface area contributed by atoms with Crippen LogP contribution in [0.1, 0.15) is 75.3 Å². The molecule has 52 heavy (non-hydrogen) atoms. The molecule has 1 aromatic rings. The predicted molar refractivity (Wildman–Crippen MR) is 185 cm³/mol. The number of halogens is 1. The minimum atomic E-state index is -3.91.